The molecule has 0 atom stereocenters. The number of halogens is 1. The average Bonchev–Trinajstić information content (AvgIpc) is 2.11. The summed E-state index contributed by atoms with van der Waals surface area (Å²) in [6, 6.07) is 0. The van der Waals surface area contributed by atoms with Crippen molar-refractivity contribution in [3.63, 3.8) is 0 Å². The SMILES string of the molecule is Cl/C1=C/C=C\C=C/CCCCCC1. The monoisotopic (exact) mass is 196 g/mol. The van der Waals surface area contributed by atoms with Crippen LogP contribution in [0.1, 0.15) is 38.5 Å². The van der Waals surface area contributed by atoms with Crippen molar-refractivity contribution in [1.29, 1.82) is 0 Å². The van der Waals surface area contributed by atoms with Crippen molar-refractivity contribution in [2.24, 2.45) is 0 Å². The molecule has 0 aromatic heterocycles. The molecule has 1 aliphatic rings. The van der Waals surface area contributed by atoms with Crippen LogP contribution in [0.4, 0.5) is 0 Å². The van der Waals surface area contributed by atoms with Crippen LogP contribution in [-0.4, -0.2) is 0 Å². The molecule has 0 saturated carbocycles. The highest BCUT2D eigenvalue weighted by Crippen LogP contribution is 2.14. The predicted octanol–water partition coefficient (Wildman–Crippen LogP) is 4.58. The lowest BCUT2D eigenvalue weighted by molar-refractivity contribution is 0.650. The van der Waals surface area contributed by atoms with Gasteiger partial charge in [-0.3, -0.25) is 0 Å². The molecule has 1 aliphatic carbocycles. The Balaban J connectivity index is 2.45. The minimum atomic E-state index is 0.977. The fourth-order valence-corrected chi connectivity index (χ4v) is 1.60. The van der Waals surface area contributed by atoms with Gasteiger partial charge < -0.3 is 0 Å². The average molecular weight is 197 g/mol. The summed E-state index contributed by atoms with van der Waals surface area (Å²) in [5, 5.41) is 0.977. The van der Waals surface area contributed by atoms with Gasteiger partial charge in [-0.1, -0.05) is 48.7 Å². The highest BCUT2D eigenvalue weighted by molar-refractivity contribution is 6.29. The first kappa shape index (κ1) is 10.6. The van der Waals surface area contributed by atoms with Crippen LogP contribution in [-0.2, 0) is 0 Å². The molecule has 72 valence electrons. The largest absolute Gasteiger partial charge is 0.0892 e. The maximum absolute atomic E-state index is 6.00. The van der Waals surface area contributed by atoms with Gasteiger partial charge in [0.1, 0.15) is 0 Å². The summed E-state index contributed by atoms with van der Waals surface area (Å²) in [5.41, 5.74) is 0. The molecular weight excluding hydrogens is 180 g/mol. The predicted molar refractivity (Wildman–Crippen MR) is 59.9 cm³/mol. The van der Waals surface area contributed by atoms with Gasteiger partial charge in [0.2, 0.25) is 0 Å². The number of hydrogen-bond acceptors (Lipinski definition) is 0. The molecule has 0 N–H and O–H groups in total. The number of hydrogen-bond donors (Lipinski definition) is 0. The van der Waals surface area contributed by atoms with Gasteiger partial charge in [-0.25, -0.2) is 0 Å². The number of allylic oxidation sites excluding steroid dienone is 6. The van der Waals surface area contributed by atoms with Crippen molar-refractivity contribution in [3.8, 4) is 0 Å². The molecule has 0 aromatic carbocycles. The fraction of sp³-hybridized carbons (Fsp3) is 0.500. The summed E-state index contributed by atoms with van der Waals surface area (Å²) < 4.78 is 0. The topological polar surface area (TPSA) is 0 Å². The third-order valence-electron chi connectivity index (χ3n) is 2.17. The Morgan fingerprint density at radius 3 is 2.69 bits per heavy atom. The second-order valence-corrected chi connectivity index (χ2v) is 3.86. The Kier molecular flexibility index (Phi) is 5.67. The molecule has 0 nitrogen and oxygen atoms in total. The molecule has 0 aromatic rings. The molecule has 0 bridgehead atoms. The molecule has 0 unspecified atom stereocenters. The van der Waals surface area contributed by atoms with Crippen LogP contribution in [0.15, 0.2) is 35.4 Å². The van der Waals surface area contributed by atoms with Crippen LogP contribution in [0.2, 0.25) is 0 Å². The first-order chi connectivity index (χ1) is 6.39. The van der Waals surface area contributed by atoms with Gasteiger partial charge in [-0.05, 0) is 31.8 Å². The lowest BCUT2D eigenvalue weighted by atomic mass is 10.1. The Morgan fingerprint density at radius 1 is 0.923 bits per heavy atom. The molecule has 0 saturated heterocycles. The summed E-state index contributed by atoms with van der Waals surface area (Å²) in [7, 11) is 0. The summed E-state index contributed by atoms with van der Waals surface area (Å²) in [6.45, 7) is 0. The quantitative estimate of drug-likeness (QED) is 0.532. The smallest absolute Gasteiger partial charge is 0.0181 e. The zero-order valence-corrected chi connectivity index (χ0v) is 8.76. The Bertz CT molecular complexity index is 211. The molecule has 0 radical (unpaired) electrons. The zero-order valence-electron chi connectivity index (χ0n) is 8.01. The van der Waals surface area contributed by atoms with Crippen molar-refractivity contribution in [2.75, 3.05) is 0 Å². The van der Waals surface area contributed by atoms with E-state index < -0.39 is 0 Å². The molecule has 0 fully saturated rings. The standard InChI is InChI=1S/C12H17Cl/c13-12-10-8-6-4-2-1-3-5-7-9-11-12/h2,4,6,8,10H,1,3,5,7,9,11H2/b4-2-,8-6-,12-10+. The second-order valence-electron chi connectivity index (χ2n) is 3.38. The molecular formula is C12H17Cl. The summed E-state index contributed by atoms with van der Waals surface area (Å²) >= 11 is 6.00. The zero-order chi connectivity index (χ0) is 9.36. The summed E-state index contributed by atoms with van der Waals surface area (Å²) in [6.07, 6.45) is 17.8. The molecule has 0 heterocycles. The summed E-state index contributed by atoms with van der Waals surface area (Å²) in [4.78, 5) is 0. The first-order valence-electron chi connectivity index (χ1n) is 5.07. The lowest BCUT2D eigenvalue weighted by Crippen LogP contribution is -1.79. The van der Waals surface area contributed by atoms with Gasteiger partial charge in [-0.15, -0.1) is 0 Å². The van der Waals surface area contributed by atoms with Crippen LogP contribution in [0.5, 0.6) is 0 Å². The van der Waals surface area contributed by atoms with Crippen molar-refractivity contribution >= 4 is 11.6 Å². The van der Waals surface area contributed by atoms with Crippen LogP contribution >= 0.6 is 11.6 Å². The Morgan fingerprint density at radius 2 is 1.77 bits per heavy atom. The molecule has 0 amide bonds. The van der Waals surface area contributed by atoms with Crippen LogP contribution in [0.25, 0.3) is 0 Å². The Labute approximate surface area is 86.0 Å². The highest BCUT2D eigenvalue weighted by atomic mass is 35.5. The van der Waals surface area contributed by atoms with E-state index in [0.717, 1.165) is 11.5 Å². The molecule has 1 rings (SSSR count). The van der Waals surface area contributed by atoms with E-state index in [9.17, 15) is 0 Å². The van der Waals surface area contributed by atoms with Crippen molar-refractivity contribution in [3.05, 3.63) is 35.4 Å². The maximum atomic E-state index is 6.00. The third kappa shape index (κ3) is 5.70. The first-order valence-corrected chi connectivity index (χ1v) is 5.45. The number of rotatable bonds is 0. The molecule has 0 spiro atoms. The minimum absolute atomic E-state index is 0.977. The van der Waals surface area contributed by atoms with Crippen molar-refractivity contribution < 1.29 is 0 Å². The van der Waals surface area contributed by atoms with Gasteiger partial charge >= 0.3 is 0 Å². The highest BCUT2D eigenvalue weighted by Gasteiger charge is 1.93. The van der Waals surface area contributed by atoms with Gasteiger partial charge in [0.05, 0.1) is 0 Å². The van der Waals surface area contributed by atoms with E-state index in [1.807, 2.05) is 18.2 Å². The molecule has 1 heteroatoms. The van der Waals surface area contributed by atoms with E-state index in [4.69, 9.17) is 11.6 Å². The van der Waals surface area contributed by atoms with E-state index in [2.05, 4.69) is 12.2 Å². The normalized spacial score (nSPS) is 29.2. The van der Waals surface area contributed by atoms with Gasteiger partial charge in [-0.2, -0.15) is 0 Å². The Hall–Kier alpha value is -0.490. The van der Waals surface area contributed by atoms with Gasteiger partial charge in [0.15, 0.2) is 0 Å². The lowest BCUT2D eigenvalue weighted by Gasteiger charge is -1.99. The van der Waals surface area contributed by atoms with Crippen molar-refractivity contribution in [1.82, 2.24) is 0 Å². The second kappa shape index (κ2) is 6.97. The molecule has 0 aliphatic heterocycles. The van der Waals surface area contributed by atoms with E-state index in [0.29, 0.717) is 0 Å². The van der Waals surface area contributed by atoms with E-state index in [1.165, 1.54) is 32.1 Å². The van der Waals surface area contributed by atoms with E-state index >= 15 is 0 Å². The van der Waals surface area contributed by atoms with Crippen LogP contribution in [0, 0.1) is 0 Å². The minimum Gasteiger partial charge on any atom is -0.0892 e. The van der Waals surface area contributed by atoms with Gasteiger partial charge in [0.25, 0.3) is 0 Å². The van der Waals surface area contributed by atoms with E-state index in [1.54, 1.807) is 0 Å². The summed E-state index contributed by atoms with van der Waals surface area (Å²) in [5.74, 6) is 0. The molecule has 13 heavy (non-hydrogen) atoms. The maximum Gasteiger partial charge on any atom is 0.0181 e. The van der Waals surface area contributed by atoms with Crippen molar-refractivity contribution in [2.45, 2.75) is 38.5 Å². The fourth-order valence-electron chi connectivity index (χ4n) is 1.39. The van der Waals surface area contributed by atoms with Crippen LogP contribution in [0.3, 0.4) is 0 Å². The van der Waals surface area contributed by atoms with Gasteiger partial charge in [0, 0.05) is 5.03 Å². The van der Waals surface area contributed by atoms with Crippen LogP contribution < -0.4 is 0 Å². The third-order valence-corrected chi connectivity index (χ3v) is 2.49. The van der Waals surface area contributed by atoms with E-state index in [-0.39, 0.29) is 0 Å².